The Hall–Kier alpha value is -4.47. The fourth-order valence-electron chi connectivity index (χ4n) is 6.47. The van der Waals surface area contributed by atoms with Gasteiger partial charge in [0.2, 0.25) is 0 Å². The highest BCUT2D eigenvalue weighted by atomic mass is 28.3. The molecule has 0 amide bonds. The van der Waals surface area contributed by atoms with Crippen molar-refractivity contribution in [2.24, 2.45) is 5.92 Å². The smallest absolute Gasteiger partial charge is 0.179 e. The summed E-state index contributed by atoms with van der Waals surface area (Å²) in [6, 6.07) is 47.7. The Morgan fingerprint density at radius 2 is 1.20 bits per heavy atom. The third-order valence-electron chi connectivity index (χ3n) is 8.42. The predicted octanol–water partition coefficient (Wildman–Crippen LogP) is 7.61. The molecule has 7 rings (SSSR count). The average Bonchev–Trinajstić information content (AvgIpc) is 3.35. The van der Waals surface area contributed by atoms with Gasteiger partial charge in [0.25, 0.3) is 0 Å². The maximum absolute atomic E-state index is 15.4. The maximum Gasteiger partial charge on any atom is 0.179 e. The Bertz CT molecular complexity index is 1850. The molecule has 1 heterocycles. The zero-order chi connectivity index (χ0) is 27.1. The number of halogens is 1. The van der Waals surface area contributed by atoms with E-state index in [9.17, 15) is 0 Å². The fourth-order valence-corrected chi connectivity index (χ4v) is 11.3. The SMILES string of the molecule is CC1CC=C([Si](c2ccccc2)(c2ccccc2)c2ccc3c(c2)c2ccccc2n3-c2ccccc2)C=C1F. The number of benzene rings is 5. The number of fused-ring (bicyclic) bond motifs is 3. The van der Waals surface area contributed by atoms with Gasteiger partial charge in [-0.25, -0.2) is 4.39 Å². The summed E-state index contributed by atoms with van der Waals surface area (Å²) in [5.41, 5.74) is 3.50. The lowest BCUT2D eigenvalue weighted by Gasteiger charge is -2.36. The van der Waals surface area contributed by atoms with Crippen LogP contribution in [-0.4, -0.2) is 12.6 Å². The number of para-hydroxylation sites is 2. The predicted molar refractivity (Wildman–Crippen MR) is 169 cm³/mol. The lowest BCUT2D eigenvalue weighted by molar-refractivity contribution is 0.490. The number of allylic oxidation sites excluding steroid dienone is 4. The van der Waals surface area contributed by atoms with Gasteiger partial charge in [0, 0.05) is 22.4 Å². The molecule has 1 atom stereocenters. The van der Waals surface area contributed by atoms with E-state index < -0.39 is 8.07 Å². The Morgan fingerprint density at radius 1 is 0.625 bits per heavy atom. The zero-order valence-corrected chi connectivity index (χ0v) is 23.5. The molecule has 0 N–H and O–H groups in total. The van der Waals surface area contributed by atoms with Crippen LogP contribution in [0.5, 0.6) is 0 Å². The van der Waals surface area contributed by atoms with E-state index in [0.717, 1.165) is 10.9 Å². The van der Waals surface area contributed by atoms with Crippen LogP contribution < -0.4 is 15.6 Å². The number of rotatable bonds is 5. The molecule has 194 valence electrons. The summed E-state index contributed by atoms with van der Waals surface area (Å²) in [7, 11) is -2.83. The van der Waals surface area contributed by atoms with Gasteiger partial charge in [0.1, 0.15) is 5.83 Å². The molecule has 1 nitrogen and oxygen atoms in total. The molecule has 0 saturated heterocycles. The van der Waals surface area contributed by atoms with Gasteiger partial charge >= 0.3 is 0 Å². The molecular formula is C37H30FNSi. The van der Waals surface area contributed by atoms with E-state index >= 15 is 4.39 Å². The van der Waals surface area contributed by atoms with Gasteiger partial charge in [-0.3, -0.25) is 0 Å². The second-order valence-corrected chi connectivity index (χ2v) is 14.5. The molecule has 0 aliphatic heterocycles. The molecule has 0 radical (unpaired) electrons. The summed E-state index contributed by atoms with van der Waals surface area (Å²) >= 11 is 0. The van der Waals surface area contributed by atoms with Crippen molar-refractivity contribution < 1.29 is 4.39 Å². The first-order valence-electron chi connectivity index (χ1n) is 14.0. The first kappa shape index (κ1) is 24.6. The monoisotopic (exact) mass is 535 g/mol. The average molecular weight is 536 g/mol. The van der Waals surface area contributed by atoms with E-state index in [1.165, 1.54) is 37.4 Å². The number of hydrogen-bond donors (Lipinski definition) is 0. The van der Waals surface area contributed by atoms with Crippen molar-refractivity contribution in [1.82, 2.24) is 4.57 Å². The maximum atomic E-state index is 15.4. The highest BCUT2D eigenvalue weighted by Gasteiger charge is 2.43. The quantitative estimate of drug-likeness (QED) is 0.158. The van der Waals surface area contributed by atoms with Crippen molar-refractivity contribution in [2.45, 2.75) is 13.3 Å². The normalized spacial score (nSPS) is 15.7. The molecule has 0 saturated carbocycles. The van der Waals surface area contributed by atoms with Gasteiger partial charge in [-0.05, 0) is 57.5 Å². The molecule has 0 fully saturated rings. The second kappa shape index (κ2) is 9.93. The highest BCUT2D eigenvalue weighted by Crippen LogP contribution is 2.34. The van der Waals surface area contributed by atoms with Crippen LogP contribution in [0, 0.1) is 5.92 Å². The third-order valence-corrected chi connectivity index (χ3v) is 13.2. The van der Waals surface area contributed by atoms with E-state index in [2.05, 4.69) is 144 Å². The van der Waals surface area contributed by atoms with Crippen LogP contribution in [0.4, 0.5) is 4.39 Å². The van der Waals surface area contributed by atoms with Crippen LogP contribution in [0.3, 0.4) is 0 Å². The van der Waals surface area contributed by atoms with E-state index in [4.69, 9.17) is 0 Å². The van der Waals surface area contributed by atoms with Crippen molar-refractivity contribution in [1.29, 1.82) is 0 Å². The summed E-state index contributed by atoms with van der Waals surface area (Å²) in [6.45, 7) is 1.97. The largest absolute Gasteiger partial charge is 0.309 e. The molecule has 1 aliphatic carbocycles. The van der Waals surface area contributed by atoms with Crippen LogP contribution in [0.2, 0.25) is 0 Å². The standard InChI is InChI=1S/C37H30FNSi/c1-27-21-22-32(26-35(27)38)40(29-15-7-3-8-16-29,30-17-9-4-10-18-30)31-23-24-37-34(25-31)33-19-11-12-20-36(33)39(37)28-13-5-2-6-14-28/h2-20,22-27H,21H2,1H3. The minimum atomic E-state index is -2.83. The highest BCUT2D eigenvalue weighted by molar-refractivity contribution is 7.16. The first-order chi connectivity index (χ1) is 19.7. The number of nitrogens with zero attached hydrogens (tertiary/aromatic N) is 1. The van der Waals surface area contributed by atoms with Gasteiger partial charge < -0.3 is 4.57 Å². The van der Waals surface area contributed by atoms with Gasteiger partial charge in [0.15, 0.2) is 8.07 Å². The molecule has 40 heavy (non-hydrogen) atoms. The minimum absolute atomic E-state index is 0.0250. The van der Waals surface area contributed by atoms with E-state index in [1.807, 2.05) is 13.0 Å². The summed E-state index contributed by atoms with van der Waals surface area (Å²) in [4.78, 5) is 0. The number of aromatic nitrogens is 1. The van der Waals surface area contributed by atoms with E-state index in [1.54, 1.807) is 0 Å². The minimum Gasteiger partial charge on any atom is -0.309 e. The van der Waals surface area contributed by atoms with E-state index in [-0.39, 0.29) is 11.7 Å². The van der Waals surface area contributed by atoms with Gasteiger partial charge in [-0.1, -0.05) is 122 Å². The molecule has 1 unspecified atom stereocenters. The van der Waals surface area contributed by atoms with Crippen molar-refractivity contribution in [3.63, 3.8) is 0 Å². The van der Waals surface area contributed by atoms with Crippen LogP contribution >= 0.6 is 0 Å². The second-order valence-electron chi connectivity index (χ2n) is 10.7. The Morgan fingerprint density at radius 3 is 1.85 bits per heavy atom. The zero-order valence-electron chi connectivity index (χ0n) is 22.5. The van der Waals surface area contributed by atoms with Crippen LogP contribution in [-0.2, 0) is 0 Å². The lowest BCUT2D eigenvalue weighted by Crippen LogP contribution is -2.68. The summed E-state index contributed by atoms with van der Waals surface area (Å²) in [6.07, 6.45) is 4.86. The van der Waals surface area contributed by atoms with Crippen LogP contribution in [0.15, 0.2) is 157 Å². The molecule has 0 spiro atoms. The molecule has 0 bridgehead atoms. The molecular weight excluding hydrogens is 505 g/mol. The Balaban J connectivity index is 1.59. The Kier molecular flexibility index (Phi) is 6.09. The summed E-state index contributed by atoms with van der Waals surface area (Å²) < 4.78 is 17.7. The Labute approximate surface area is 235 Å². The van der Waals surface area contributed by atoms with Crippen molar-refractivity contribution in [3.8, 4) is 5.69 Å². The van der Waals surface area contributed by atoms with Gasteiger partial charge in [0.05, 0.1) is 11.0 Å². The van der Waals surface area contributed by atoms with Crippen molar-refractivity contribution in [2.75, 3.05) is 0 Å². The van der Waals surface area contributed by atoms with Crippen molar-refractivity contribution >= 4 is 45.4 Å². The van der Waals surface area contributed by atoms with Crippen LogP contribution in [0.1, 0.15) is 13.3 Å². The summed E-state index contributed by atoms with van der Waals surface area (Å²) in [5.74, 6) is -0.115. The molecule has 1 aromatic heterocycles. The molecule has 6 aromatic rings. The third kappa shape index (κ3) is 3.81. The van der Waals surface area contributed by atoms with Crippen LogP contribution in [0.25, 0.3) is 27.5 Å². The first-order valence-corrected chi connectivity index (χ1v) is 16.0. The van der Waals surface area contributed by atoms with Crippen molar-refractivity contribution in [3.05, 3.63) is 157 Å². The topological polar surface area (TPSA) is 4.93 Å². The lowest BCUT2D eigenvalue weighted by atomic mass is 10.0. The molecule has 3 heteroatoms. The summed E-state index contributed by atoms with van der Waals surface area (Å²) in [5, 5.41) is 7.34. The van der Waals surface area contributed by atoms with Gasteiger partial charge in [-0.15, -0.1) is 0 Å². The molecule has 5 aromatic carbocycles. The number of hydrogen-bond acceptors (Lipinski definition) is 0. The van der Waals surface area contributed by atoms with Gasteiger partial charge in [-0.2, -0.15) is 0 Å². The van der Waals surface area contributed by atoms with E-state index in [0.29, 0.717) is 6.42 Å². The molecule has 1 aliphatic rings. The fraction of sp³-hybridized carbons (Fsp3) is 0.0811.